The molecule has 5 N–H and O–H groups in total. The lowest BCUT2D eigenvalue weighted by Gasteiger charge is -2.11. The molecule has 0 amide bonds. The Hall–Kier alpha value is -2.21. The van der Waals surface area contributed by atoms with E-state index >= 15 is 0 Å². The van der Waals surface area contributed by atoms with Gasteiger partial charge in [-0.1, -0.05) is 6.07 Å². The first-order valence-corrected chi connectivity index (χ1v) is 7.11. The van der Waals surface area contributed by atoms with Crippen molar-refractivity contribution in [2.45, 2.75) is 11.8 Å². The van der Waals surface area contributed by atoms with E-state index in [0.29, 0.717) is 22.6 Å². The second-order valence-electron chi connectivity index (χ2n) is 4.25. The molecule has 0 unspecified atom stereocenters. The summed E-state index contributed by atoms with van der Waals surface area (Å²) >= 11 is 0. The molecule has 2 aromatic rings. The third-order valence-corrected chi connectivity index (χ3v) is 4.19. The highest BCUT2D eigenvalue weighted by Crippen LogP contribution is 2.22. The van der Waals surface area contributed by atoms with Gasteiger partial charge in [0.25, 0.3) is 10.0 Å². The fourth-order valence-electron chi connectivity index (χ4n) is 1.67. The topological polar surface area (TPSA) is 98.2 Å². The average Bonchev–Trinajstić information content (AvgIpc) is 2.35. The van der Waals surface area contributed by atoms with Gasteiger partial charge in [0.15, 0.2) is 0 Å². The predicted octanol–water partition coefficient (Wildman–Crippen LogP) is 1.96. The number of nitrogens with one attached hydrogen (secondary N) is 1. The predicted molar refractivity (Wildman–Crippen MR) is 77.3 cm³/mol. The fourth-order valence-corrected chi connectivity index (χ4v) is 3.01. The lowest BCUT2D eigenvalue weighted by Crippen LogP contribution is -2.14. The number of hydrogen-bond acceptors (Lipinski definition) is 4. The molecule has 6 heteroatoms. The molecule has 0 aliphatic rings. The van der Waals surface area contributed by atoms with Gasteiger partial charge in [-0.05, 0) is 48.9 Å². The summed E-state index contributed by atoms with van der Waals surface area (Å²) in [5.41, 5.74) is 13.2. The quantitative estimate of drug-likeness (QED) is 0.747. The molecule has 0 radical (unpaired) electrons. The fraction of sp³-hybridized carbons (Fsp3) is 0.0769. The van der Waals surface area contributed by atoms with E-state index in [9.17, 15) is 8.42 Å². The lowest BCUT2D eigenvalue weighted by molar-refractivity contribution is 0.600. The standard InChI is InChI=1S/C13H15N3O2S/c1-9-2-3-11(15)8-13(9)19(17,18)16-12-6-4-10(14)5-7-12/h2-8,16H,14-15H2,1H3. The Kier molecular flexibility index (Phi) is 3.35. The third kappa shape index (κ3) is 2.97. The summed E-state index contributed by atoms with van der Waals surface area (Å²) < 4.78 is 27.0. The molecule has 0 aromatic heterocycles. The first kappa shape index (κ1) is 13.2. The van der Waals surface area contributed by atoms with E-state index in [-0.39, 0.29) is 4.90 Å². The normalized spacial score (nSPS) is 11.2. The Morgan fingerprint density at radius 3 is 2.16 bits per heavy atom. The smallest absolute Gasteiger partial charge is 0.262 e. The molecule has 0 atom stereocenters. The SMILES string of the molecule is Cc1ccc(N)cc1S(=O)(=O)Nc1ccc(N)cc1. The zero-order valence-corrected chi connectivity index (χ0v) is 11.2. The summed E-state index contributed by atoms with van der Waals surface area (Å²) in [5, 5.41) is 0. The minimum atomic E-state index is -3.65. The van der Waals surface area contributed by atoms with Crippen LogP contribution in [0.1, 0.15) is 5.56 Å². The van der Waals surface area contributed by atoms with E-state index in [0.717, 1.165) is 0 Å². The van der Waals surface area contributed by atoms with E-state index < -0.39 is 10.0 Å². The molecule has 0 saturated heterocycles. The van der Waals surface area contributed by atoms with Gasteiger partial charge < -0.3 is 11.5 Å². The molecule has 0 bridgehead atoms. The van der Waals surface area contributed by atoms with Crippen LogP contribution in [0.3, 0.4) is 0 Å². The van der Waals surface area contributed by atoms with Gasteiger partial charge >= 0.3 is 0 Å². The zero-order valence-electron chi connectivity index (χ0n) is 10.4. The van der Waals surface area contributed by atoms with Crippen LogP contribution < -0.4 is 16.2 Å². The highest BCUT2D eigenvalue weighted by molar-refractivity contribution is 7.92. The molecular formula is C13H15N3O2S. The number of sulfonamides is 1. The third-order valence-electron chi connectivity index (χ3n) is 2.66. The lowest BCUT2D eigenvalue weighted by atomic mass is 10.2. The number of aryl methyl sites for hydroxylation is 1. The maximum absolute atomic E-state index is 12.3. The summed E-state index contributed by atoms with van der Waals surface area (Å²) in [7, 11) is -3.65. The van der Waals surface area contributed by atoms with E-state index in [1.165, 1.54) is 6.07 Å². The van der Waals surface area contributed by atoms with E-state index in [1.807, 2.05) is 0 Å². The molecule has 2 rings (SSSR count). The summed E-state index contributed by atoms with van der Waals surface area (Å²) in [5.74, 6) is 0. The van der Waals surface area contributed by atoms with Crippen molar-refractivity contribution in [3.63, 3.8) is 0 Å². The molecule has 0 aliphatic heterocycles. The second kappa shape index (κ2) is 4.81. The van der Waals surface area contributed by atoms with Crippen molar-refractivity contribution in [2.24, 2.45) is 0 Å². The summed E-state index contributed by atoms with van der Waals surface area (Å²) in [6, 6.07) is 11.2. The van der Waals surface area contributed by atoms with Crippen LogP contribution in [0.2, 0.25) is 0 Å². The Bertz CT molecular complexity index is 694. The second-order valence-corrected chi connectivity index (χ2v) is 5.90. The highest BCUT2D eigenvalue weighted by Gasteiger charge is 2.17. The largest absolute Gasteiger partial charge is 0.399 e. The van der Waals surface area contributed by atoms with E-state index in [2.05, 4.69) is 4.72 Å². The van der Waals surface area contributed by atoms with Crippen molar-refractivity contribution in [3.8, 4) is 0 Å². The Labute approximate surface area is 112 Å². The molecule has 0 heterocycles. The molecular weight excluding hydrogens is 262 g/mol. The van der Waals surface area contributed by atoms with Crippen LogP contribution in [-0.2, 0) is 10.0 Å². The number of anilines is 3. The van der Waals surface area contributed by atoms with Crippen LogP contribution in [0.4, 0.5) is 17.1 Å². The summed E-state index contributed by atoms with van der Waals surface area (Å²) in [6.07, 6.45) is 0. The van der Waals surface area contributed by atoms with Gasteiger partial charge in [0.05, 0.1) is 4.90 Å². The maximum atomic E-state index is 12.3. The van der Waals surface area contributed by atoms with E-state index in [4.69, 9.17) is 11.5 Å². The molecule has 19 heavy (non-hydrogen) atoms. The minimum Gasteiger partial charge on any atom is -0.399 e. The number of hydrogen-bond donors (Lipinski definition) is 3. The zero-order chi connectivity index (χ0) is 14.0. The molecule has 0 spiro atoms. The van der Waals surface area contributed by atoms with Gasteiger partial charge in [-0.3, -0.25) is 4.72 Å². The summed E-state index contributed by atoms with van der Waals surface area (Å²) in [6.45, 7) is 1.72. The Morgan fingerprint density at radius 2 is 1.53 bits per heavy atom. The number of rotatable bonds is 3. The summed E-state index contributed by atoms with van der Waals surface area (Å²) in [4.78, 5) is 0.171. The van der Waals surface area contributed by atoms with Crippen LogP contribution in [0.25, 0.3) is 0 Å². The van der Waals surface area contributed by atoms with E-state index in [1.54, 1.807) is 43.3 Å². The van der Waals surface area contributed by atoms with Crippen LogP contribution in [0.15, 0.2) is 47.4 Å². The monoisotopic (exact) mass is 277 g/mol. The average molecular weight is 277 g/mol. The number of nitrogen functional groups attached to an aromatic ring is 2. The molecule has 0 aliphatic carbocycles. The van der Waals surface area contributed by atoms with Gasteiger partial charge in [-0.2, -0.15) is 0 Å². The molecule has 100 valence electrons. The van der Waals surface area contributed by atoms with Crippen molar-refractivity contribution in [1.82, 2.24) is 0 Å². The van der Waals surface area contributed by atoms with Crippen LogP contribution in [0.5, 0.6) is 0 Å². The first-order chi connectivity index (χ1) is 8.88. The van der Waals surface area contributed by atoms with Gasteiger partial charge in [0.1, 0.15) is 0 Å². The van der Waals surface area contributed by atoms with Crippen molar-refractivity contribution < 1.29 is 8.42 Å². The first-order valence-electron chi connectivity index (χ1n) is 5.63. The van der Waals surface area contributed by atoms with Crippen LogP contribution in [-0.4, -0.2) is 8.42 Å². The van der Waals surface area contributed by atoms with Crippen molar-refractivity contribution in [3.05, 3.63) is 48.0 Å². The van der Waals surface area contributed by atoms with Crippen molar-refractivity contribution in [1.29, 1.82) is 0 Å². The Balaban J connectivity index is 2.37. The van der Waals surface area contributed by atoms with Crippen molar-refractivity contribution >= 4 is 27.1 Å². The Morgan fingerprint density at radius 1 is 0.947 bits per heavy atom. The number of nitrogens with two attached hydrogens (primary N) is 2. The van der Waals surface area contributed by atoms with Gasteiger partial charge in [-0.25, -0.2) is 8.42 Å². The van der Waals surface area contributed by atoms with Gasteiger partial charge in [0, 0.05) is 17.1 Å². The molecule has 0 fully saturated rings. The highest BCUT2D eigenvalue weighted by atomic mass is 32.2. The van der Waals surface area contributed by atoms with Crippen LogP contribution >= 0.6 is 0 Å². The number of benzene rings is 2. The van der Waals surface area contributed by atoms with Gasteiger partial charge in [0.2, 0.25) is 0 Å². The minimum absolute atomic E-state index is 0.171. The van der Waals surface area contributed by atoms with Gasteiger partial charge in [-0.15, -0.1) is 0 Å². The maximum Gasteiger partial charge on any atom is 0.262 e. The molecule has 2 aromatic carbocycles. The molecule has 0 saturated carbocycles. The molecule has 5 nitrogen and oxygen atoms in total. The van der Waals surface area contributed by atoms with Crippen LogP contribution in [0, 0.1) is 6.92 Å². The van der Waals surface area contributed by atoms with Crippen molar-refractivity contribution in [2.75, 3.05) is 16.2 Å².